The lowest BCUT2D eigenvalue weighted by atomic mass is 9.96. The molecule has 1 atom stereocenters. The van der Waals surface area contributed by atoms with Crippen molar-refractivity contribution in [2.75, 3.05) is 32.8 Å². The third-order valence-corrected chi connectivity index (χ3v) is 4.09. The highest BCUT2D eigenvalue weighted by Crippen LogP contribution is 2.18. The van der Waals surface area contributed by atoms with Crippen molar-refractivity contribution in [2.24, 2.45) is 5.92 Å². The van der Waals surface area contributed by atoms with Crippen LogP contribution in [0, 0.1) is 5.92 Å². The Bertz CT molecular complexity index is 436. The number of nitrogens with one attached hydrogen (secondary N) is 1. The summed E-state index contributed by atoms with van der Waals surface area (Å²) in [4.78, 5) is 14.6. The highest BCUT2D eigenvalue weighted by molar-refractivity contribution is 5.78. The summed E-state index contributed by atoms with van der Waals surface area (Å²) in [5, 5.41) is 3.05. The van der Waals surface area contributed by atoms with E-state index in [0.29, 0.717) is 6.54 Å². The minimum Gasteiger partial charge on any atom is -0.382 e. The first-order chi connectivity index (χ1) is 10.8. The van der Waals surface area contributed by atoms with Crippen molar-refractivity contribution in [2.45, 2.75) is 32.7 Å². The van der Waals surface area contributed by atoms with Gasteiger partial charge in [0.15, 0.2) is 0 Å². The number of carbonyl (C=O) groups is 1. The van der Waals surface area contributed by atoms with Gasteiger partial charge in [0.05, 0.1) is 5.92 Å². The van der Waals surface area contributed by atoms with E-state index in [9.17, 15) is 4.79 Å². The molecule has 0 aromatic heterocycles. The molecule has 0 spiro atoms. The molecule has 1 aliphatic rings. The highest BCUT2D eigenvalue weighted by Gasteiger charge is 2.25. The van der Waals surface area contributed by atoms with Crippen LogP contribution in [0.2, 0.25) is 0 Å². The second-order valence-corrected chi connectivity index (χ2v) is 5.90. The van der Waals surface area contributed by atoms with Gasteiger partial charge in [0.2, 0.25) is 5.91 Å². The lowest BCUT2D eigenvalue weighted by Gasteiger charge is -2.32. The number of rotatable bonds is 8. The molecule has 22 heavy (non-hydrogen) atoms. The van der Waals surface area contributed by atoms with Gasteiger partial charge in [0, 0.05) is 32.8 Å². The van der Waals surface area contributed by atoms with Crippen molar-refractivity contribution < 1.29 is 9.53 Å². The zero-order chi connectivity index (χ0) is 15.6. The van der Waals surface area contributed by atoms with Crippen LogP contribution >= 0.6 is 0 Å². The molecular weight excluding hydrogens is 276 g/mol. The first-order valence-electron chi connectivity index (χ1n) is 8.41. The van der Waals surface area contributed by atoms with Crippen LogP contribution in [0.5, 0.6) is 0 Å². The molecule has 0 radical (unpaired) electrons. The van der Waals surface area contributed by atoms with Crippen LogP contribution in [-0.2, 0) is 16.1 Å². The molecule has 1 aromatic rings. The smallest absolute Gasteiger partial charge is 0.224 e. The predicted octanol–water partition coefficient (Wildman–Crippen LogP) is 2.44. The molecule has 0 bridgehead atoms. The minimum absolute atomic E-state index is 0.129. The fraction of sp³-hybridized carbons (Fsp3) is 0.611. The number of hydrogen-bond acceptors (Lipinski definition) is 3. The molecular formula is C18H28N2O2. The SMILES string of the molecule is CCOCCCNC(=O)[C@@H]1CCCN(Cc2ccccc2)C1. The maximum atomic E-state index is 12.3. The van der Waals surface area contributed by atoms with E-state index in [4.69, 9.17) is 4.74 Å². The Hall–Kier alpha value is -1.39. The third-order valence-electron chi connectivity index (χ3n) is 4.09. The molecule has 0 saturated carbocycles. The van der Waals surface area contributed by atoms with Crippen molar-refractivity contribution >= 4 is 5.91 Å². The summed E-state index contributed by atoms with van der Waals surface area (Å²) in [5.41, 5.74) is 1.32. The second-order valence-electron chi connectivity index (χ2n) is 5.90. The van der Waals surface area contributed by atoms with Crippen LogP contribution in [0.4, 0.5) is 0 Å². The summed E-state index contributed by atoms with van der Waals surface area (Å²) < 4.78 is 5.28. The van der Waals surface area contributed by atoms with E-state index in [0.717, 1.165) is 52.1 Å². The first kappa shape index (κ1) is 17.0. The zero-order valence-electron chi connectivity index (χ0n) is 13.6. The van der Waals surface area contributed by atoms with Crippen LogP contribution in [0.25, 0.3) is 0 Å². The summed E-state index contributed by atoms with van der Waals surface area (Å²) >= 11 is 0. The van der Waals surface area contributed by atoms with Gasteiger partial charge in [0.1, 0.15) is 0 Å². The number of ether oxygens (including phenoxy) is 1. The molecule has 4 heteroatoms. The van der Waals surface area contributed by atoms with E-state index in [1.165, 1.54) is 5.56 Å². The van der Waals surface area contributed by atoms with Crippen molar-refractivity contribution in [3.8, 4) is 0 Å². The zero-order valence-corrected chi connectivity index (χ0v) is 13.6. The molecule has 4 nitrogen and oxygen atoms in total. The van der Waals surface area contributed by atoms with Gasteiger partial charge in [-0.3, -0.25) is 9.69 Å². The number of benzene rings is 1. The Morgan fingerprint density at radius 1 is 1.36 bits per heavy atom. The van der Waals surface area contributed by atoms with Crippen LogP contribution in [0.15, 0.2) is 30.3 Å². The lowest BCUT2D eigenvalue weighted by molar-refractivity contribution is -0.126. The van der Waals surface area contributed by atoms with E-state index in [2.05, 4.69) is 34.5 Å². The van der Waals surface area contributed by atoms with Crippen LogP contribution in [-0.4, -0.2) is 43.7 Å². The van der Waals surface area contributed by atoms with E-state index in [1.807, 2.05) is 13.0 Å². The van der Waals surface area contributed by atoms with Gasteiger partial charge in [0.25, 0.3) is 0 Å². The maximum absolute atomic E-state index is 12.3. The molecule has 2 rings (SSSR count). The van der Waals surface area contributed by atoms with Gasteiger partial charge in [-0.25, -0.2) is 0 Å². The Morgan fingerprint density at radius 2 is 2.18 bits per heavy atom. The molecule has 0 aliphatic carbocycles. The van der Waals surface area contributed by atoms with Crippen molar-refractivity contribution in [3.05, 3.63) is 35.9 Å². The Balaban J connectivity index is 1.71. The van der Waals surface area contributed by atoms with Crippen molar-refractivity contribution in [3.63, 3.8) is 0 Å². The molecule has 0 unspecified atom stereocenters. The quantitative estimate of drug-likeness (QED) is 0.750. The van der Waals surface area contributed by atoms with E-state index in [1.54, 1.807) is 0 Å². The summed E-state index contributed by atoms with van der Waals surface area (Å²) in [5.74, 6) is 0.332. The summed E-state index contributed by atoms with van der Waals surface area (Å²) in [7, 11) is 0. The molecule has 122 valence electrons. The first-order valence-corrected chi connectivity index (χ1v) is 8.41. The lowest BCUT2D eigenvalue weighted by Crippen LogP contribution is -2.43. The molecule has 1 heterocycles. The maximum Gasteiger partial charge on any atom is 0.224 e. The molecule has 1 saturated heterocycles. The number of likely N-dealkylation sites (tertiary alicyclic amines) is 1. The van der Waals surface area contributed by atoms with Gasteiger partial charge in [-0.05, 0) is 38.3 Å². The average molecular weight is 304 g/mol. The number of amides is 1. The van der Waals surface area contributed by atoms with Gasteiger partial charge in [-0.2, -0.15) is 0 Å². The van der Waals surface area contributed by atoms with Crippen LogP contribution in [0.3, 0.4) is 0 Å². The monoisotopic (exact) mass is 304 g/mol. The van der Waals surface area contributed by atoms with E-state index < -0.39 is 0 Å². The minimum atomic E-state index is 0.129. The number of hydrogen-bond donors (Lipinski definition) is 1. The van der Waals surface area contributed by atoms with Crippen LogP contribution < -0.4 is 5.32 Å². The topological polar surface area (TPSA) is 41.6 Å². The number of piperidine rings is 1. The highest BCUT2D eigenvalue weighted by atomic mass is 16.5. The third kappa shape index (κ3) is 5.78. The standard InChI is InChI=1S/C18H28N2O2/c1-2-22-13-7-11-19-18(21)17-10-6-12-20(15-17)14-16-8-4-3-5-9-16/h3-5,8-9,17H,2,6-7,10-15H2,1H3,(H,19,21)/t17-/m1/s1. The summed E-state index contributed by atoms with van der Waals surface area (Å²) in [6.45, 7) is 7.06. The fourth-order valence-electron chi connectivity index (χ4n) is 2.93. The van der Waals surface area contributed by atoms with Gasteiger partial charge >= 0.3 is 0 Å². The average Bonchev–Trinajstić information content (AvgIpc) is 2.56. The van der Waals surface area contributed by atoms with E-state index >= 15 is 0 Å². The molecule has 1 aliphatic heterocycles. The van der Waals surface area contributed by atoms with Gasteiger partial charge < -0.3 is 10.1 Å². The van der Waals surface area contributed by atoms with Gasteiger partial charge in [-0.15, -0.1) is 0 Å². The number of nitrogens with zero attached hydrogens (tertiary/aromatic N) is 1. The summed E-state index contributed by atoms with van der Waals surface area (Å²) in [6, 6.07) is 10.5. The molecule has 1 N–H and O–H groups in total. The van der Waals surface area contributed by atoms with Crippen LogP contribution in [0.1, 0.15) is 31.7 Å². The van der Waals surface area contributed by atoms with Crippen molar-refractivity contribution in [1.82, 2.24) is 10.2 Å². The Morgan fingerprint density at radius 3 is 2.95 bits per heavy atom. The second kappa shape index (κ2) is 9.59. The summed E-state index contributed by atoms with van der Waals surface area (Å²) in [6.07, 6.45) is 2.99. The largest absolute Gasteiger partial charge is 0.382 e. The Labute approximate surface area is 133 Å². The molecule has 1 fully saturated rings. The van der Waals surface area contributed by atoms with Gasteiger partial charge in [-0.1, -0.05) is 30.3 Å². The van der Waals surface area contributed by atoms with E-state index in [-0.39, 0.29) is 11.8 Å². The number of carbonyl (C=O) groups excluding carboxylic acids is 1. The normalized spacial score (nSPS) is 19.0. The Kier molecular flexibility index (Phi) is 7.40. The molecule has 1 amide bonds. The molecule has 1 aromatic carbocycles. The predicted molar refractivity (Wildman–Crippen MR) is 88.6 cm³/mol. The fourth-order valence-corrected chi connectivity index (χ4v) is 2.93. The van der Waals surface area contributed by atoms with Crippen molar-refractivity contribution in [1.29, 1.82) is 0 Å².